The van der Waals surface area contributed by atoms with Crippen molar-refractivity contribution in [2.75, 3.05) is 11.9 Å². The third kappa shape index (κ3) is 1.38. The summed E-state index contributed by atoms with van der Waals surface area (Å²) >= 11 is 0. The number of para-hydroxylation sites is 1. The Morgan fingerprint density at radius 1 is 1.16 bits per heavy atom. The van der Waals surface area contributed by atoms with Crippen molar-refractivity contribution >= 4 is 11.6 Å². The fraction of sp³-hybridized carbons (Fsp3) is 0.533. The Hall–Kier alpha value is -1.39. The van der Waals surface area contributed by atoms with Crippen LogP contribution in [0.15, 0.2) is 24.3 Å². The van der Waals surface area contributed by atoms with Crippen molar-refractivity contribution in [3.05, 3.63) is 29.8 Å². The third-order valence-corrected chi connectivity index (χ3v) is 4.48. The van der Waals surface area contributed by atoms with Gasteiger partial charge in [0.2, 0.25) is 0 Å². The SMILES string of the molecule is CN1C(=O)C2(OC3CCCCC3O2)c2ccccc21. The lowest BCUT2D eigenvalue weighted by atomic mass is 9.95. The maximum atomic E-state index is 12.6. The smallest absolute Gasteiger partial charge is 0.292 e. The molecule has 1 aromatic carbocycles. The number of ether oxygens (including phenoxy) is 2. The lowest BCUT2D eigenvalue weighted by molar-refractivity contribution is -0.189. The first-order valence-electron chi connectivity index (χ1n) is 6.96. The molecule has 2 unspecified atom stereocenters. The topological polar surface area (TPSA) is 38.8 Å². The highest BCUT2D eigenvalue weighted by molar-refractivity contribution is 6.05. The number of likely N-dealkylation sites (N-methyl/N-ethyl adjacent to an activating group) is 1. The van der Waals surface area contributed by atoms with Crippen LogP contribution in [0.25, 0.3) is 0 Å². The second-order valence-corrected chi connectivity index (χ2v) is 5.59. The van der Waals surface area contributed by atoms with Crippen LogP contribution in [0, 0.1) is 0 Å². The van der Waals surface area contributed by atoms with Crippen LogP contribution in [0.5, 0.6) is 0 Å². The molecule has 0 radical (unpaired) electrons. The highest BCUT2D eigenvalue weighted by Gasteiger charge is 2.60. The first kappa shape index (κ1) is 11.4. The number of carbonyl (C=O) groups is 1. The molecule has 2 aliphatic heterocycles. The molecule has 1 aromatic rings. The fourth-order valence-corrected chi connectivity index (χ4v) is 3.50. The van der Waals surface area contributed by atoms with E-state index >= 15 is 0 Å². The van der Waals surface area contributed by atoms with Gasteiger partial charge in [-0.25, -0.2) is 0 Å². The molecule has 0 aromatic heterocycles. The Bertz CT molecular complexity index is 528. The monoisotopic (exact) mass is 259 g/mol. The molecule has 4 heteroatoms. The van der Waals surface area contributed by atoms with Gasteiger partial charge in [0.25, 0.3) is 11.7 Å². The molecule has 0 N–H and O–H groups in total. The molecule has 2 fully saturated rings. The first-order chi connectivity index (χ1) is 9.22. The van der Waals surface area contributed by atoms with E-state index in [2.05, 4.69) is 0 Å². The molecule has 1 spiro atoms. The average molecular weight is 259 g/mol. The average Bonchev–Trinajstić information content (AvgIpc) is 2.93. The number of fused-ring (bicyclic) bond motifs is 3. The summed E-state index contributed by atoms with van der Waals surface area (Å²) < 4.78 is 12.2. The van der Waals surface area contributed by atoms with E-state index in [1.807, 2.05) is 24.3 Å². The van der Waals surface area contributed by atoms with Crippen LogP contribution >= 0.6 is 0 Å². The van der Waals surface area contributed by atoms with Crippen molar-refractivity contribution in [3.8, 4) is 0 Å². The van der Waals surface area contributed by atoms with E-state index in [1.54, 1.807) is 11.9 Å². The minimum Gasteiger partial charge on any atom is -0.332 e. The number of hydrogen-bond acceptors (Lipinski definition) is 3. The van der Waals surface area contributed by atoms with Crippen molar-refractivity contribution < 1.29 is 14.3 Å². The van der Waals surface area contributed by atoms with E-state index in [9.17, 15) is 4.79 Å². The Kier molecular flexibility index (Phi) is 2.29. The zero-order valence-corrected chi connectivity index (χ0v) is 11.0. The molecule has 2 heterocycles. The maximum Gasteiger partial charge on any atom is 0.292 e. The lowest BCUT2D eigenvalue weighted by Crippen LogP contribution is -2.40. The number of hydrogen-bond donors (Lipinski definition) is 0. The van der Waals surface area contributed by atoms with E-state index in [1.165, 1.54) is 0 Å². The minimum atomic E-state index is -1.18. The van der Waals surface area contributed by atoms with Crippen molar-refractivity contribution in [3.63, 3.8) is 0 Å². The van der Waals surface area contributed by atoms with Crippen molar-refractivity contribution in [2.45, 2.75) is 43.7 Å². The van der Waals surface area contributed by atoms with Gasteiger partial charge in [0.05, 0.1) is 17.9 Å². The summed E-state index contributed by atoms with van der Waals surface area (Å²) in [6, 6.07) is 7.75. The van der Waals surface area contributed by atoms with Crippen LogP contribution < -0.4 is 4.90 Å². The molecule has 19 heavy (non-hydrogen) atoms. The summed E-state index contributed by atoms with van der Waals surface area (Å²) in [6.07, 6.45) is 4.44. The molecular formula is C15H17NO3. The molecule has 4 rings (SSSR count). The summed E-state index contributed by atoms with van der Waals surface area (Å²) in [5.74, 6) is -1.27. The Labute approximate surface area is 112 Å². The molecule has 3 aliphatic rings. The normalized spacial score (nSPS) is 36.7. The van der Waals surface area contributed by atoms with Gasteiger partial charge in [0.1, 0.15) is 0 Å². The van der Waals surface area contributed by atoms with E-state index in [4.69, 9.17) is 9.47 Å². The minimum absolute atomic E-state index is 0.0669. The first-order valence-corrected chi connectivity index (χ1v) is 6.96. The largest absolute Gasteiger partial charge is 0.332 e. The van der Waals surface area contributed by atoms with Crippen molar-refractivity contribution in [2.24, 2.45) is 0 Å². The fourth-order valence-electron chi connectivity index (χ4n) is 3.50. The van der Waals surface area contributed by atoms with Gasteiger partial charge >= 0.3 is 0 Å². The molecule has 100 valence electrons. The molecule has 1 aliphatic carbocycles. The summed E-state index contributed by atoms with van der Waals surface area (Å²) in [5, 5.41) is 0. The van der Waals surface area contributed by atoms with Gasteiger partial charge in [-0.2, -0.15) is 0 Å². The van der Waals surface area contributed by atoms with Gasteiger partial charge < -0.3 is 14.4 Å². The molecule has 4 nitrogen and oxygen atoms in total. The Morgan fingerprint density at radius 2 is 1.79 bits per heavy atom. The predicted molar refractivity (Wildman–Crippen MR) is 69.7 cm³/mol. The molecule has 1 amide bonds. The summed E-state index contributed by atoms with van der Waals surface area (Å²) in [5.41, 5.74) is 1.75. The highest BCUT2D eigenvalue weighted by atomic mass is 16.8. The van der Waals surface area contributed by atoms with Crippen LogP contribution in [-0.4, -0.2) is 25.2 Å². The van der Waals surface area contributed by atoms with Gasteiger partial charge in [0, 0.05) is 12.6 Å². The summed E-state index contributed by atoms with van der Waals surface area (Å²) in [7, 11) is 1.78. The quantitative estimate of drug-likeness (QED) is 0.716. The van der Waals surface area contributed by atoms with E-state index in [-0.39, 0.29) is 18.1 Å². The number of nitrogens with zero attached hydrogens (tertiary/aromatic N) is 1. The second-order valence-electron chi connectivity index (χ2n) is 5.59. The molecule has 0 bridgehead atoms. The number of anilines is 1. The van der Waals surface area contributed by atoms with Gasteiger partial charge in [-0.1, -0.05) is 31.0 Å². The Morgan fingerprint density at radius 3 is 2.47 bits per heavy atom. The predicted octanol–water partition coefficient (Wildman–Crippen LogP) is 2.17. The molecule has 2 atom stereocenters. The van der Waals surface area contributed by atoms with Gasteiger partial charge in [-0.05, 0) is 18.9 Å². The van der Waals surface area contributed by atoms with Gasteiger partial charge in [-0.15, -0.1) is 0 Å². The van der Waals surface area contributed by atoms with E-state index in [0.29, 0.717) is 0 Å². The summed E-state index contributed by atoms with van der Waals surface area (Å²) in [4.78, 5) is 14.3. The Balaban J connectivity index is 1.81. The summed E-state index contributed by atoms with van der Waals surface area (Å²) in [6.45, 7) is 0. The van der Waals surface area contributed by atoms with Crippen molar-refractivity contribution in [1.82, 2.24) is 0 Å². The maximum absolute atomic E-state index is 12.6. The zero-order chi connectivity index (χ0) is 13.0. The van der Waals surface area contributed by atoms with E-state index < -0.39 is 5.79 Å². The van der Waals surface area contributed by atoms with E-state index in [0.717, 1.165) is 36.9 Å². The molecular weight excluding hydrogens is 242 g/mol. The van der Waals surface area contributed by atoms with Crippen LogP contribution in [-0.2, 0) is 20.1 Å². The van der Waals surface area contributed by atoms with Crippen LogP contribution in [0.2, 0.25) is 0 Å². The second kappa shape index (κ2) is 3.81. The molecule has 1 saturated carbocycles. The highest BCUT2D eigenvalue weighted by Crippen LogP contribution is 2.50. The van der Waals surface area contributed by atoms with Crippen LogP contribution in [0.1, 0.15) is 31.2 Å². The standard InChI is InChI=1S/C15H17NO3/c1-16-11-7-3-2-6-10(11)15(14(16)17)18-12-8-4-5-9-13(12)19-15/h2-3,6-7,12-13H,4-5,8-9H2,1H3. The van der Waals surface area contributed by atoms with Gasteiger partial charge in [-0.3, -0.25) is 4.79 Å². The number of amides is 1. The number of rotatable bonds is 0. The number of carbonyl (C=O) groups excluding carboxylic acids is 1. The van der Waals surface area contributed by atoms with Crippen LogP contribution in [0.4, 0.5) is 5.69 Å². The van der Waals surface area contributed by atoms with Crippen LogP contribution in [0.3, 0.4) is 0 Å². The lowest BCUT2D eigenvalue weighted by Gasteiger charge is -2.21. The molecule has 1 saturated heterocycles. The van der Waals surface area contributed by atoms with Crippen molar-refractivity contribution in [1.29, 1.82) is 0 Å². The number of benzene rings is 1. The zero-order valence-electron chi connectivity index (χ0n) is 11.0. The third-order valence-electron chi connectivity index (χ3n) is 4.48. The van der Waals surface area contributed by atoms with Gasteiger partial charge in [0.15, 0.2) is 0 Å².